The van der Waals surface area contributed by atoms with Gasteiger partial charge in [-0.2, -0.15) is 0 Å². The van der Waals surface area contributed by atoms with Gasteiger partial charge in [-0.05, 0) is 25.0 Å². The molecular formula is C20H18O4. The lowest BCUT2D eigenvalue weighted by molar-refractivity contribution is -0.136. The van der Waals surface area contributed by atoms with Crippen LogP contribution in [0.25, 0.3) is 5.57 Å². The van der Waals surface area contributed by atoms with E-state index in [0.717, 1.165) is 16.7 Å². The zero-order chi connectivity index (χ0) is 17.3. The first kappa shape index (κ1) is 16.0. The van der Waals surface area contributed by atoms with Crippen LogP contribution >= 0.6 is 0 Å². The van der Waals surface area contributed by atoms with E-state index in [-0.39, 0.29) is 17.8 Å². The van der Waals surface area contributed by atoms with Crippen molar-refractivity contribution in [3.63, 3.8) is 0 Å². The van der Waals surface area contributed by atoms with E-state index in [4.69, 9.17) is 4.74 Å². The molecule has 1 aliphatic heterocycles. The van der Waals surface area contributed by atoms with Gasteiger partial charge < -0.3 is 9.84 Å². The number of aliphatic carboxylic acids is 1. The molecule has 0 radical (unpaired) electrons. The fourth-order valence-corrected chi connectivity index (χ4v) is 3.00. The van der Waals surface area contributed by atoms with Gasteiger partial charge in [0.15, 0.2) is 0 Å². The zero-order valence-corrected chi connectivity index (χ0v) is 13.6. The van der Waals surface area contributed by atoms with E-state index in [1.54, 1.807) is 18.2 Å². The van der Waals surface area contributed by atoms with Crippen molar-refractivity contribution in [3.8, 4) is 0 Å². The molecule has 1 N–H and O–H groups in total. The number of allylic oxidation sites excluding steroid dienone is 1. The number of carbonyl (C=O) groups excluding carboxylic acids is 1. The van der Waals surface area contributed by atoms with E-state index in [2.05, 4.69) is 0 Å². The first-order valence-corrected chi connectivity index (χ1v) is 7.77. The summed E-state index contributed by atoms with van der Waals surface area (Å²) >= 11 is 0. The fourth-order valence-electron chi connectivity index (χ4n) is 3.00. The van der Waals surface area contributed by atoms with E-state index in [9.17, 15) is 14.7 Å². The summed E-state index contributed by atoms with van der Waals surface area (Å²) in [4.78, 5) is 24.0. The second kappa shape index (κ2) is 6.32. The average Bonchev–Trinajstić information content (AvgIpc) is 2.88. The topological polar surface area (TPSA) is 63.6 Å². The highest BCUT2D eigenvalue weighted by molar-refractivity contribution is 6.16. The second-order valence-corrected chi connectivity index (χ2v) is 6.06. The van der Waals surface area contributed by atoms with E-state index < -0.39 is 17.9 Å². The molecule has 24 heavy (non-hydrogen) atoms. The lowest BCUT2D eigenvalue weighted by atomic mass is 9.93. The predicted molar refractivity (Wildman–Crippen MR) is 90.4 cm³/mol. The summed E-state index contributed by atoms with van der Waals surface area (Å²) in [6, 6.07) is 14.8. The quantitative estimate of drug-likeness (QED) is 0.689. The monoisotopic (exact) mass is 322 g/mol. The van der Waals surface area contributed by atoms with Crippen LogP contribution in [0.5, 0.6) is 0 Å². The van der Waals surface area contributed by atoms with Crippen molar-refractivity contribution in [2.45, 2.75) is 26.2 Å². The fraction of sp³-hybridized carbons (Fsp3) is 0.200. The van der Waals surface area contributed by atoms with Gasteiger partial charge in [0.2, 0.25) is 0 Å². The molecule has 0 saturated carbocycles. The van der Waals surface area contributed by atoms with Crippen LogP contribution in [-0.4, -0.2) is 17.0 Å². The van der Waals surface area contributed by atoms with Crippen molar-refractivity contribution >= 4 is 17.5 Å². The van der Waals surface area contributed by atoms with Crippen LogP contribution in [0, 0.1) is 13.8 Å². The lowest BCUT2D eigenvalue weighted by Gasteiger charge is -2.07. The molecule has 4 nitrogen and oxygen atoms in total. The van der Waals surface area contributed by atoms with Gasteiger partial charge in [0, 0.05) is 6.42 Å². The summed E-state index contributed by atoms with van der Waals surface area (Å²) in [6.45, 7) is 3.85. The van der Waals surface area contributed by atoms with Crippen molar-refractivity contribution in [3.05, 3.63) is 76.5 Å². The third kappa shape index (κ3) is 3.08. The van der Waals surface area contributed by atoms with Gasteiger partial charge in [-0.3, -0.25) is 4.79 Å². The van der Waals surface area contributed by atoms with Crippen molar-refractivity contribution in [1.29, 1.82) is 0 Å². The Morgan fingerprint density at radius 1 is 1.08 bits per heavy atom. The molecule has 1 saturated heterocycles. The van der Waals surface area contributed by atoms with E-state index in [0.29, 0.717) is 5.56 Å². The Labute approximate surface area is 140 Å². The van der Waals surface area contributed by atoms with Gasteiger partial charge >= 0.3 is 11.9 Å². The summed E-state index contributed by atoms with van der Waals surface area (Å²) < 4.78 is 5.35. The number of hydrogen-bond donors (Lipinski definition) is 1. The molecule has 0 bridgehead atoms. The highest BCUT2D eigenvalue weighted by Crippen LogP contribution is 2.37. The van der Waals surface area contributed by atoms with E-state index >= 15 is 0 Å². The van der Waals surface area contributed by atoms with Crippen LogP contribution in [0.4, 0.5) is 0 Å². The highest BCUT2D eigenvalue weighted by Gasteiger charge is 2.35. The van der Waals surface area contributed by atoms with Crippen molar-refractivity contribution in [2.75, 3.05) is 0 Å². The van der Waals surface area contributed by atoms with Crippen molar-refractivity contribution in [1.82, 2.24) is 0 Å². The van der Waals surface area contributed by atoms with Crippen LogP contribution in [0.15, 0.2) is 54.3 Å². The normalized spacial score (nSPS) is 19.1. The molecule has 2 aromatic carbocycles. The largest absolute Gasteiger partial charge is 0.478 e. The average molecular weight is 322 g/mol. The zero-order valence-electron chi connectivity index (χ0n) is 13.6. The van der Waals surface area contributed by atoms with Crippen LogP contribution in [-0.2, 0) is 14.3 Å². The number of carboxylic acid groups (broad SMARTS) is 1. The summed E-state index contributed by atoms with van der Waals surface area (Å²) in [5, 5.41) is 9.62. The number of rotatable bonds is 3. The molecule has 122 valence electrons. The standard InChI is InChI=1S/C20H18O4/c1-12-5-3-7-14(9-12)16-11-17(24-20(16)23)18(19(21)22)15-8-4-6-13(2)10-15/h3-10,16H,11H2,1-2H3,(H,21,22)/b18-17+. The van der Waals surface area contributed by atoms with Gasteiger partial charge in [0.1, 0.15) is 11.3 Å². The van der Waals surface area contributed by atoms with Crippen LogP contribution in [0.3, 0.4) is 0 Å². The Balaban J connectivity index is 2.02. The van der Waals surface area contributed by atoms with Crippen LogP contribution in [0.1, 0.15) is 34.6 Å². The number of esters is 1. The Morgan fingerprint density at radius 2 is 1.75 bits per heavy atom. The number of carbonyl (C=O) groups is 2. The molecule has 0 aromatic heterocycles. The van der Waals surface area contributed by atoms with Crippen molar-refractivity contribution < 1.29 is 19.4 Å². The number of carboxylic acids is 1. The molecule has 0 spiro atoms. The minimum atomic E-state index is -1.09. The molecule has 3 rings (SSSR count). The molecule has 2 aromatic rings. The SMILES string of the molecule is Cc1cccc(/C(C(=O)O)=C2/CC(c3cccc(C)c3)C(=O)O2)c1. The minimum absolute atomic E-state index is 0.0576. The molecule has 1 fully saturated rings. The molecule has 1 heterocycles. The predicted octanol–water partition coefficient (Wildman–Crippen LogP) is 3.83. The molecule has 1 aliphatic rings. The maximum absolute atomic E-state index is 12.3. The first-order valence-electron chi connectivity index (χ1n) is 7.77. The molecule has 1 unspecified atom stereocenters. The van der Waals surface area contributed by atoms with Crippen LogP contribution in [0.2, 0.25) is 0 Å². The van der Waals surface area contributed by atoms with Gasteiger partial charge in [-0.25, -0.2) is 4.79 Å². The molecule has 4 heteroatoms. The van der Waals surface area contributed by atoms with Crippen molar-refractivity contribution in [2.24, 2.45) is 0 Å². The number of benzene rings is 2. The maximum atomic E-state index is 12.3. The Bertz CT molecular complexity index is 848. The molecule has 0 amide bonds. The lowest BCUT2D eigenvalue weighted by Crippen LogP contribution is -2.05. The third-order valence-electron chi connectivity index (χ3n) is 4.14. The molecular weight excluding hydrogens is 304 g/mol. The Morgan fingerprint density at radius 3 is 2.38 bits per heavy atom. The summed E-state index contributed by atoms with van der Waals surface area (Å²) in [6.07, 6.45) is 0.262. The molecule has 1 atom stereocenters. The number of cyclic esters (lactones) is 1. The highest BCUT2D eigenvalue weighted by atomic mass is 16.5. The van der Waals surface area contributed by atoms with Gasteiger partial charge in [0.25, 0.3) is 0 Å². The summed E-state index contributed by atoms with van der Waals surface area (Å²) in [7, 11) is 0. The number of aryl methyl sites for hydroxylation is 2. The van der Waals surface area contributed by atoms with Gasteiger partial charge in [-0.1, -0.05) is 59.7 Å². The van der Waals surface area contributed by atoms with Crippen LogP contribution < -0.4 is 0 Å². The Hall–Kier alpha value is -2.88. The maximum Gasteiger partial charge on any atom is 0.339 e. The van der Waals surface area contributed by atoms with Gasteiger partial charge in [0.05, 0.1) is 5.92 Å². The Kier molecular flexibility index (Phi) is 4.21. The second-order valence-electron chi connectivity index (χ2n) is 6.06. The van der Waals surface area contributed by atoms with E-state index in [1.807, 2.05) is 44.2 Å². The smallest absolute Gasteiger partial charge is 0.339 e. The first-order chi connectivity index (χ1) is 11.5. The number of hydrogen-bond acceptors (Lipinski definition) is 3. The molecule has 0 aliphatic carbocycles. The third-order valence-corrected chi connectivity index (χ3v) is 4.14. The summed E-state index contributed by atoms with van der Waals surface area (Å²) in [5.74, 6) is -1.72. The van der Waals surface area contributed by atoms with E-state index in [1.165, 1.54) is 0 Å². The minimum Gasteiger partial charge on any atom is -0.478 e. The van der Waals surface area contributed by atoms with Gasteiger partial charge in [-0.15, -0.1) is 0 Å². The number of ether oxygens (including phenoxy) is 1. The summed E-state index contributed by atoms with van der Waals surface area (Å²) in [5.41, 5.74) is 3.46.